The zero-order valence-corrected chi connectivity index (χ0v) is 11.4. The van der Waals surface area contributed by atoms with Crippen molar-refractivity contribution in [3.05, 3.63) is 10.0 Å². The summed E-state index contributed by atoms with van der Waals surface area (Å²) in [5, 5.41) is 19.2. The fraction of sp³-hybridized carbons (Fsp3) is 0.600. The second-order valence-electron chi connectivity index (χ2n) is 4.59. The van der Waals surface area contributed by atoms with Crippen LogP contribution in [0.3, 0.4) is 0 Å². The SMILES string of the molecule is Nc1nnc(C[C@@H]2CCC(c3nnc(N)s3)C2)s1. The topological polar surface area (TPSA) is 104 Å². The van der Waals surface area contributed by atoms with Gasteiger partial charge in [-0.25, -0.2) is 0 Å². The van der Waals surface area contributed by atoms with Gasteiger partial charge in [-0.15, -0.1) is 20.4 Å². The summed E-state index contributed by atoms with van der Waals surface area (Å²) in [5.41, 5.74) is 11.2. The van der Waals surface area contributed by atoms with E-state index >= 15 is 0 Å². The molecule has 0 radical (unpaired) electrons. The van der Waals surface area contributed by atoms with Crippen LogP contribution in [0.5, 0.6) is 0 Å². The lowest BCUT2D eigenvalue weighted by molar-refractivity contribution is 0.531. The van der Waals surface area contributed by atoms with Gasteiger partial charge >= 0.3 is 0 Å². The normalized spacial score (nSPS) is 23.6. The van der Waals surface area contributed by atoms with Crippen LogP contribution in [0.2, 0.25) is 0 Å². The fourth-order valence-corrected chi connectivity index (χ4v) is 3.97. The van der Waals surface area contributed by atoms with Gasteiger partial charge in [0.25, 0.3) is 0 Å². The van der Waals surface area contributed by atoms with Crippen molar-refractivity contribution in [3.8, 4) is 0 Å². The lowest BCUT2D eigenvalue weighted by Crippen LogP contribution is -2.00. The van der Waals surface area contributed by atoms with Gasteiger partial charge in [-0.1, -0.05) is 22.7 Å². The molecule has 3 rings (SSSR count). The number of nitrogens with two attached hydrogens (primary N) is 2. The highest BCUT2D eigenvalue weighted by Gasteiger charge is 2.29. The van der Waals surface area contributed by atoms with Crippen LogP contribution >= 0.6 is 22.7 Å². The molecule has 8 heteroatoms. The van der Waals surface area contributed by atoms with Crippen LogP contribution in [-0.4, -0.2) is 20.4 Å². The predicted molar refractivity (Wildman–Crippen MR) is 72.4 cm³/mol. The first kappa shape index (κ1) is 11.8. The summed E-state index contributed by atoms with van der Waals surface area (Å²) in [6.45, 7) is 0. The van der Waals surface area contributed by atoms with Crippen molar-refractivity contribution in [2.45, 2.75) is 31.6 Å². The van der Waals surface area contributed by atoms with Gasteiger partial charge in [0.1, 0.15) is 10.0 Å². The van der Waals surface area contributed by atoms with Crippen LogP contribution in [0, 0.1) is 5.92 Å². The lowest BCUT2D eigenvalue weighted by atomic mass is 10.0. The Balaban J connectivity index is 1.61. The Morgan fingerprint density at radius 3 is 2.44 bits per heavy atom. The summed E-state index contributed by atoms with van der Waals surface area (Å²) in [6, 6.07) is 0. The van der Waals surface area contributed by atoms with E-state index < -0.39 is 0 Å². The number of hydrogen-bond acceptors (Lipinski definition) is 8. The molecular weight excluding hydrogens is 268 g/mol. The molecule has 0 aromatic carbocycles. The highest BCUT2D eigenvalue weighted by molar-refractivity contribution is 7.15. The average molecular weight is 282 g/mol. The molecule has 2 aromatic rings. The van der Waals surface area contributed by atoms with Crippen LogP contribution in [0.4, 0.5) is 10.3 Å². The summed E-state index contributed by atoms with van der Waals surface area (Å²) in [4.78, 5) is 0. The first-order chi connectivity index (χ1) is 8.70. The van der Waals surface area contributed by atoms with E-state index in [4.69, 9.17) is 11.5 Å². The van der Waals surface area contributed by atoms with Gasteiger partial charge in [0.15, 0.2) is 0 Å². The second kappa shape index (κ2) is 4.77. The van der Waals surface area contributed by atoms with Crippen molar-refractivity contribution in [3.63, 3.8) is 0 Å². The number of anilines is 2. The molecule has 1 fully saturated rings. The molecule has 4 N–H and O–H groups in total. The zero-order chi connectivity index (χ0) is 12.5. The van der Waals surface area contributed by atoms with E-state index in [1.54, 1.807) is 0 Å². The Hall–Kier alpha value is -1.28. The quantitative estimate of drug-likeness (QED) is 0.887. The molecule has 2 atom stereocenters. The standard InChI is InChI=1S/C10H14N6S2/c11-9-15-13-7(17-9)4-5-1-2-6(3-5)8-14-16-10(12)18-8/h5-6H,1-4H2,(H2,11,15)(H2,12,16)/t5-,6?/m1/s1. The van der Waals surface area contributed by atoms with E-state index in [0.717, 1.165) is 29.3 Å². The summed E-state index contributed by atoms with van der Waals surface area (Å²) in [7, 11) is 0. The van der Waals surface area contributed by atoms with Gasteiger partial charge in [0.05, 0.1) is 0 Å². The van der Waals surface area contributed by atoms with Crippen LogP contribution < -0.4 is 11.5 Å². The van der Waals surface area contributed by atoms with Crippen LogP contribution in [0.1, 0.15) is 35.2 Å². The Morgan fingerprint density at radius 2 is 1.78 bits per heavy atom. The molecular formula is C10H14N6S2. The number of rotatable bonds is 3. The molecule has 18 heavy (non-hydrogen) atoms. The third kappa shape index (κ3) is 2.44. The molecule has 6 nitrogen and oxygen atoms in total. The largest absolute Gasteiger partial charge is 0.374 e. The molecule has 0 amide bonds. The lowest BCUT2D eigenvalue weighted by Gasteiger charge is -2.06. The van der Waals surface area contributed by atoms with Gasteiger partial charge in [0, 0.05) is 12.3 Å². The van der Waals surface area contributed by atoms with Gasteiger partial charge in [-0.05, 0) is 25.2 Å². The monoisotopic (exact) mass is 282 g/mol. The van der Waals surface area contributed by atoms with Gasteiger partial charge in [-0.2, -0.15) is 0 Å². The third-order valence-corrected chi connectivity index (χ3v) is 4.98. The maximum atomic E-state index is 5.62. The molecule has 1 saturated carbocycles. The van der Waals surface area contributed by atoms with E-state index in [-0.39, 0.29) is 0 Å². The molecule has 0 saturated heterocycles. The van der Waals surface area contributed by atoms with E-state index in [1.165, 1.54) is 29.1 Å². The molecule has 1 aliphatic rings. The second-order valence-corrected chi connectivity index (χ2v) is 6.73. The van der Waals surface area contributed by atoms with Crippen molar-refractivity contribution in [2.75, 3.05) is 11.5 Å². The Labute approximate surface area is 112 Å². The Kier molecular flexibility index (Phi) is 3.13. The minimum atomic E-state index is 0.509. The smallest absolute Gasteiger partial charge is 0.203 e. The van der Waals surface area contributed by atoms with Crippen molar-refractivity contribution >= 4 is 32.9 Å². The number of nitrogen functional groups attached to an aromatic ring is 2. The maximum absolute atomic E-state index is 5.62. The minimum absolute atomic E-state index is 0.509. The summed E-state index contributed by atoms with van der Waals surface area (Å²) < 4.78 is 0. The van der Waals surface area contributed by atoms with E-state index in [0.29, 0.717) is 22.1 Å². The number of hydrogen-bond donors (Lipinski definition) is 2. The van der Waals surface area contributed by atoms with Crippen LogP contribution in [0.15, 0.2) is 0 Å². The molecule has 0 aliphatic heterocycles. The fourth-order valence-electron chi connectivity index (χ4n) is 2.49. The molecule has 0 bridgehead atoms. The highest BCUT2D eigenvalue weighted by Crippen LogP contribution is 2.41. The molecule has 0 spiro atoms. The van der Waals surface area contributed by atoms with Crippen molar-refractivity contribution < 1.29 is 0 Å². The Morgan fingerprint density at radius 1 is 1.00 bits per heavy atom. The van der Waals surface area contributed by atoms with Gasteiger partial charge < -0.3 is 11.5 Å². The minimum Gasteiger partial charge on any atom is -0.374 e. The maximum Gasteiger partial charge on any atom is 0.203 e. The summed E-state index contributed by atoms with van der Waals surface area (Å²) in [5.74, 6) is 1.16. The molecule has 1 aliphatic carbocycles. The summed E-state index contributed by atoms with van der Waals surface area (Å²) in [6.07, 6.45) is 4.46. The zero-order valence-electron chi connectivity index (χ0n) is 9.74. The van der Waals surface area contributed by atoms with Crippen molar-refractivity contribution in [1.29, 1.82) is 0 Å². The number of nitrogens with zero attached hydrogens (tertiary/aromatic N) is 4. The third-order valence-electron chi connectivity index (χ3n) is 3.29. The first-order valence-electron chi connectivity index (χ1n) is 5.87. The molecule has 2 aromatic heterocycles. The first-order valence-corrected chi connectivity index (χ1v) is 7.50. The van der Waals surface area contributed by atoms with Crippen molar-refractivity contribution in [2.24, 2.45) is 5.92 Å². The van der Waals surface area contributed by atoms with E-state index in [2.05, 4.69) is 20.4 Å². The predicted octanol–water partition coefficient (Wildman–Crippen LogP) is 1.68. The van der Waals surface area contributed by atoms with Crippen LogP contribution in [-0.2, 0) is 6.42 Å². The van der Waals surface area contributed by atoms with Crippen molar-refractivity contribution in [1.82, 2.24) is 20.4 Å². The van der Waals surface area contributed by atoms with Crippen LogP contribution in [0.25, 0.3) is 0 Å². The van der Waals surface area contributed by atoms with Gasteiger partial charge in [-0.3, -0.25) is 0 Å². The van der Waals surface area contributed by atoms with Gasteiger partial charge in [0.2, 0.25) is 10.3 Å². The summed E-state index contributed by atoms with van der Waals surface area (Å²) >= 11 is 2.99. The molecule has 1 unspecified atom stereocenters. The number of aromatic nitrogens is 4. The van der Waals surface area contributed by atoms with E-state index in [1.807, 2.05) is 0 Å². The Bertz CT molecular complexity index is 536. The molecule has 96 valence electrons. The van der Waals surface area contributed by atoms with E-state index in [9.17, 15) is 0 Å². The average Bonchev–Trinajstić information content (AvgIpc) is 3.01. The molecule has 2 heterocycles. The highest BCUT2D eigenvalue weighted by atomic mass is 32.1.